The third kappa shape index (κ3) is 10.9. The molecule has 2 aliphatic heterocycles. The summed E-state index contributed by atoms with van der Waals surface area (Å²) in [5, 5.41) is 22.8. The van der Waals surface area contributed by atoms with Crippen LogP contribution in [0.2, 0.25) is 0 Å². The lowest BCUT2D eigenvalue weighted by Crippen LogP contribution is -2.40. The fourth-order valence-corrected chi connectivity index (χ4v) is 9.17. The SMILES string of the molecule is C.C.Cl.[C-]#[N+]c1cccc(-c2ccc3ncc(-c4cc(F)cc(F)c4)c(N4CCC(N)CC4)c3c2)c1O.[C-]#[N+]c1cccc(-c2ccc3ncc(-c4cc(F)cc(F)c4)c(N4CCC(N)CC4)c3c2)c1O. The lowest BCUT2D eigenvalue weighted by atomic mass is 9.95. The number of phenols is 2. The third-order valence-corrected chi connectivity index (χ3v) is 12.6. The van der Waals surface area contributed by atoms with Gasteiger partial charge in [0.2, 0.25) is 11.4 Å². The van der Waals surface area contributed by atoms with Crippen molar-refractivity contribution in [3.63, 3.8) is 0 Å². The second-order valence-corrected chi connectivity index (χ2v) is 17.0. The maximum absolute atomic E-state index is 14.1. The molecule has 0 saturated carbocycles. The van der Waals surface area contributed by atoms with E-state index in [1.807, 2.05) is 36.4 Å². The van der Waals surface area contributed by atoms with Crippen molar-refractivity contribution < 1.29 is 27.8 Å². The van der Waals surface area contributed by atoms with Crippen LogP contribution < -0.4 is 21.3 Å². The molecular weight excluding hydrogens is 928 g/mol. The summed E-state index contributed by atoms with van der Waals surface area (Å²) in [6.07, 6.45) is 6.50. The van der Waals surface area contributed by atoms with Crippen molar-refractivity contribution in [2.45, 2.75) is 52.6 Å². The van der Waals surface area contributed by atoms with Crippen molar-refractivity contribution in [1.29, 1.82) is 0 Å². The monoisotopic (exact) mass is 980 g/mol. The highest BCUT2D eigenvalue weighted by atomic mass is 35.5. The predicted molar refractivity (Wildman–Crippen MR) is 280 cm³/mol. The summed E-state index contributed by atoms with van der Waals surface area (Å²) in [4.78, 5) is 20.3. The molecule has 6 aromatic carbocycles. The molecule has 10 nitrogen and oxygen atoms in total. The molecule has 0 bridgehead atoms. The Labute approximate surface area is 416 Å². The number of nitrogens with zero attached hydrogens (tertiary/aromatic N) is 6. The number of pyridine rings is 2. The second kappa shape index (κ2) is 22.3. The van der Waals surface area contributed by atoms with E-state index in [1.54, 1.807) is 48.8 Å². The highest BCUT2D eigenvalue weighted by Crippen LogP contribution is 2.45. The molecule has 71 heavy (non-hydrogen) atoms. The van der Waals surface area contributed by atoms with Gasteiger partial charge in [0, 0.05) is 95.8 Å². The number of benzene rings is 6. The Morgan fingerprint density at radius 3 is 1.18 bits per heavy atom. The van der Waals surface area contributed by atoms with E-state index in [9.17, 15) is 27.8 Å². The van der Waals surface area contributed by atoms with Crippen molar-refractivity contribution in [2.75, 3.05) is 36.0 Å². The van der Waals surface area contributed by atoms with Crippen LogP contribution in [0.1, 0.15) is 40.5 Å². The summed E-state index contributed by atoms with van der Waals surface area (Å²) < 4.78 is 56.4. The van der Waals surface area contributed by atoms with Crippen LogP contribution in [-0.2, 0) is 0 Å². The molecule has 15 heteroatoms. The predicted octanol–water partition coefficient (Wildman–Crippen LogP) is 13.8. The van der Waals surface area contributed by atoms with E-state index >= 15 is 0 Å². The minimum atomic E-state index is -0.656. The number of nitrogens with two attached hydrogens (primary N) is 2. The quantitative estimate of drug-likeness (QED) is 0.0956. The van der Waals surface area contributed by atoms with Crippen molar-refractivity contribution >= 4 is 57.0 Å². The number of hydrogen-bond donors (Lipinski definition) is 4. The average molecular weight is 982 g/mol. The molecule has 0 atom stereocenters. The first kappa shape index (κ1) is 52.6. The molecule has 0 amide bonds. The van der Waals surface area contributed by atoms with Gasteiger partial charge < -0.3 is 31.5 Å². The van der Waals surface area contributed by atoms with E-state index in [4.69, 9.17) is 24.6 Å². The molecule has 364 valence electrons. The van der Waals surface area contributed by atoms with E-state index < -0.39 is 23.3 Å². The van der Waals surface area contributed by atoms with Gasteiger partial charge in [-0.25, -0.2) is 27.3 Å². The smallest absolute Gasteiger partial charge is 0.228 e. The maximum Gasteiger partial charge on any atom is 0.228 e. The Bertz CT molecular complexity index is 3070. The van der Waals surface area contributed by atoms with Crippen LogP contribution in [0, 0.1) is 36.4 Å². The average Bonchev–Trinajstić information content (AvgIpc) is 3.33. The van der Waals surface area contributed by atoms with Gasteiger partial charge >= 0.3 is 0 Å². The van der Waals surface area contributed by atoms with Gasteiger partial charge in [0.15, 0.2) is 0 Å². The molecule has 2 aliphatic rings. The standard InChI is InChI=1S/2C27H22F2N4O.2CH4.ClH/c2*1-31-25-4-2-3-21(27(25)34)16-5-6-24-22(13-16)26(33-9-7-20(30)8-10-33)23(15-32-24)17-11-18(28)14-19(29)12-17;;;/h2*2-6,11-15,20,34H,7-10,30H2;2*1H4;1H. The number of aromatic nitrogens is 2. The minimum Gasteiger partial charge on any atom is -0.518 e. The number of piperidine rings is 2. The maximum atomic E-state index is 14.1. The molecule has 8 aromatic rings. The van der Waals surface area contributed by atoms with Gasteiger partial charge in [0.25, 0.3) is 0 Å². The number of fused-ring (bicyclic) bond motifs is 2. The van der Waals surface area contributed by atoms with Crippen LogP contribution >= 0.6 is 12.4 Å². The Hall–Kier alpha value is -7.75. The number of hydrogen-bond acceptors (Lipinski definition) is 8. The van der Waals surface area contributed by atoms with E-state index in [-0.39, 0.29) is 62.2 Å². The fourth-order valence-electron chi connectivity index (χ4n) is 9.17. The fraction of sp³-hybridized carbons (Fsp3) is 0.214. The molecular formula is C56H53ClF4N8O2. The van der Waals surface area contributed by atoms with Gasteiger partial charge in [-0.3, -0.25) is 9.97 Å². The Morgan fingerprint density at radius 1 is 0.493 bits per heavy atom. The molecule has 4 heterocycles. The van der Waals surface area contributed by atoms with Crippen LogP contribution in [0.15, 0.2) is 122 Å². The number of halogens is 5. The zero-order chi connectivity index (χ0) is 47.6. The summed E-state index contributed by atoms with van der Waals surface area (Å²) in [5.41, 5.74) is 20.2. The van der Waals surface area contributed by atoms with Gasteiger partial charge in [-0.2, -0.15) is 0 Å². The Kier molecular flexibility index (Phi) is 16.6. The minimum absolute atomic E-state index is 0. The lowest BCUT2D eigenvalue weighted by molar-refractivity contribution is 0.480. The Balaban J connectivity index is 0.000000223. The first-order valence-electron chi connectivity index (χ1n) is 22.1. The first-order chi connectivity index (χ1) is 32.9. The summed E-state index contributed by atoms with van der Waals surface area (Å²) >= 11 is 0. The van der Waals surface area contributed by atoms with Crippen LogP contribution in [0.3, 0.4) is 0 Å². The normalized spacial score (nSPS) is 13.7. The van der Waals surface area contributed by atoms with Gasteiger partial charge in [-0.15, -0.1) is 12.4 Å². The van der Waals surface area contributed by atoms with E-state index in [0.29, 0.717) is 59.6 Å². The van der Waals surface area contributed by atoms with Crippen LogP contribution in [0.25, 0.3) is 76.0 Å². The number of anilines is 2. The summed E-state index contributed by atoms with van der Waals surface area (Å²) in [6, 6.07) is 28.4. The van der Waals surface area contributed by atoms with Crippen molar-refractivity contribution in [3.05, 3.63) is 168 Å². The zero-order valence-electron chi connectivity index (χ0n) is 37.0. The molecule has 2 fully saturated rings. The number of phenolic OH excluding ortho intramolecular Hbond substituents is 2. The first-order valence-corrected chi connectivity index (χ1v) is 22.1. The molecule has 10 rings (SSSR count). The highest BCUT2D eigenvalue weighted by Gasteiger charge is 2.25. The summed E-state index contributed by atoms with van der Waals surface area (Å²) in [5.74, 6) is -2.79. The highest BCUT2D eigenvalue weighted by molar-refractivity contribution is 6.03. The van der Waals surface area contributed by atoms with Crippen LogP contribution in [0.5, 0.6) is 11.5 Å². The summed E-state index contributed by atoms with van der Waals surface area (Å²) in [6.45, 7) is 17.4. The third-order valence-electron chi connectivity index (χ3n) is 12.6. The van der Waals surface area contributed by atoms with Crippen molar-refractivity contribution in [1.82, 2.24) is 9.97 Å². The topological polar surface area (TPSA) is 133 Å². The van der Waals surface area contributed by atoms with Crippen molar-refractivity contribution in [2.24, 2.45) is 11.5 Å². The van der Waals surface area contributed by atoms with Gasteiger partial charge in [0.05, 0.1) is 35.6 Å². The zero-order valence-corrected chi connectivity index (χ0v) is 37.8. The molecule has 0 unspecified atom stereocenters. The molecule has 0 radical (unpaired) electrons. The number of para-hydroxylation sites is 2. The number of aromatic hydroxyl groups is 2. The molecule has 6 N–H and O–H groups in total. The second-order valence-electron chi connectivity index (χ2n) is 17.0. The van der Waals surface area contributed by atoms with Gasteiger partial charge in [0.1, 0.15) is 34.8 Å². The van der Waals surface area contributed by atoms with Gasteiger partial charge in [-0.05, 0) is 96.5 Å². The summed E-state index contributed by atoms with van der Waals surface area (Å²) in [7, 11) is 0. The van der Waals surface area contributed by atoms with Crippen molar-refractivity contribution in [3.8, 4) is 56.0 Å². The van der Waals surface area contributed by atoms with Crippen LogP contribution in [0.4, 0.5) is 40.3 Å². The van der Waals surface area contributed by atoms with E-state index in [1.165, 1.54) is 24.3 Å². The molecule has 0 spiro atoms. The molecule has 0 aliphatic carbocycles. The van der Waals surface area contributed by atoms with Crippen LogP contribution in [-0.4, -0.2) is 58.4 Å². The molecule has 2 aromatic heterocycles. The number of rotatable bonds is 6. The largest absolute Gasteiger partial charge is 0.518 e. The lowest BCUT2D eigenvalue weighted by Gasteiger charge is -2.34. The van der Waals surface area contributed by atoms with E-state index in [0.717, 1.165) is 82.1 Å². The van der Waals surface area contributed by atoms with Gasteiger partial charge in [-0.1, -0.05) is 63.4 Å². The van der Waals surface area contributed by atoms with E-state index in [2.05, 4.69) is 29.5 Å². The Morgan fingerprint density at radius 2 is 0.845 bits per heavy atom. The molecule has 2 saturated heterocycles.